The summed E-state index contributed by atoms with van der Waals surface area (Å²) in [6.45, 7) is 7.48. The number of nitrogens with zero attached hydrogens (tertiary/aromatic N) is 2. The molecule has 0 saturated heterocycles. The fourth-order valence-electron chi connectivity index (χ4n) is 3.42. The van der Waals surface area contributed by atoms with Gasteiger partial charge >= 0.3 is 0 Å². The summed E-state index contributed by atoms with van der Waals surface area (Å²) in [5, 5.41) is 7.92. The fraction of sp³-hybridized carbons (Fsp3) is 0.214. The molecule has 0 aliphatic rings. The third-order valence-electron chi connectivity index (χ3n) is 5.25. The molecule has 8 heteroatoms. The Labute approximate surface area is 211 Å². The highest BCUT2D eigenvalue weighted by Gasteiger charge is 2.07. The Kier molecular flexibility index (Phi) is 9.33. The third-order valence-corrected chi connectivity index (χ3v) is 5.25. The van der Waals surface area contributed by atoms with Gasteiger partial charge in [0.2, 0.25) is 0 Å². The smallest absolute Gasteiger partial charge is 0.277 e. The second-order valence-corrected chi connectivity index (χ2v) is 8.27. The molecule has 8 nitrogen and oxygen atoms in total. The predicted octanol–water partition coefficient (Wildman–Crippen LogP) is 3.98. The van der Waals surface area contributed by atoms with E-state index in [0.29, 0.717) is 11.5 Å². The van der Waals surface area contributed by atoms with Crippen LogP contribution >= 0.6 is 0 Å². The van der Waals surface area contributed by atoms with E-state index in [1.54, 1.807) is 0 Å². The van der Waals surface area contributed by atoms with E-state index in [4.69, 9.17) is 9.47 Å². The minimum absolute atomic E-state index is 0.125. The molecular formula is C28H30N4O4. The largest absolute Gasteiger partial charge is 0.483 e. The Morgan fingerprint density at radius 2 is 0.972 bits per heavy atom. The van der Waals surface area contributed by atoms with E-state index in [-0.39, 0.29) is 25.0 Å². The van der Waals surface area contributed by atoms with Crippen LogP contribution in [0.4, 0.5) is 0 Å². The van der Waals surface area contributed by atoms with Crippen LogP contribution in [0.3, 0.4) is 0 Å². The molecule has 0 bridgehead atoms. The minimum atomic E-state index is -0.352. The maximum Gasteiger partial charge on any atom is 0.277 e. The average Bonchev–Trinajstić information content (AvgIpc) is 2.84. The number of hydrogen-bond acceptors (Lipinski definition) is 6. The highest BCUT2D eigenvalue weighted by molar-refractivity contribution is 5.86. The normalized spacial score (nSPS) is 11.0. The van der Waals surface area contributed by atoms with Crippen molar-refractivity contribution in [2.24, 2.45) is 10.2 Å². The van der Waals surface area contributed by atoms with Gasteiger partial charge in [0.25, 0.3) is 11.8 Å². The van der Waals surface area contributed by atoms with Gasteiger partial charge in [0.1, 0.15) is 11.5 Å². The lowest BCUT2D eigenvalue weighted by Crippen LogP contribution is -2.25. The molecule has 3 aromatic rings. The number of amides is 2. The third kappa shape index (κ3) is 7.80. The van der Waals surface area contributed by atoms with Crippen LogP contribution in [0.1, 0.15) is 33.4 Å². The number of rotatable bonds is 10. The van der Waals surface area contributed by atoms with Gasteiger partial charge in [-0.3, -0.25) is 9.59 Å². The molecular weight excluding hydrogens is 456 g/mol. The van der Waals surface area contributed by atoms with E-state index in [1.807, 2.05) is 88.4 Å². The highest BCUT2D eigenvalue weighted by atomic mass is 16.5. The van der Waals surface area contributed by atoms with Crippen molar-refractivity contribution in [2.75, 3.05) is 13.2 Å². The van der Waals surface area contributed by atoms with Crippen LogP contribution in [-0.4, -0.2) is 37.5 Å². The molecule has 2 N–H and O–H groups in total. The monoisotopic (exact) mass is 486 g/mol. The number of benzene rings is 3. The standard InChI is InChI=1S/C28H30N4O4/c1-19-7-5-8-20(2)27(19)35-17-25(33)31-29-15-23-11-13-24(14-12-23)16-30-32-26(34)18-36-28-21(3)9-6-10-22(28)4/h5-16H,17-18H2,1-4H3,(H,31,33)(H,32,34)/b29-15-,30-16-. The number of hydrogen-bond donors (Lipinski definition) is 2. The first-order chi connectivity index (χ1) is 17.3. The van der Waals surface area contributed by atoms with Crippen molar-refractivity contribution in [3.63, 3.8) is 0 Å². The van der Waals surface area contributed by atoms with E-state index >= 15 is 0 Å². The van der Waals surface area contributed by atoms with Crippen molar-refractivity contribution in [1.82, 2.24) is 10.9 Å². The lowest BCUT2D eigenvalue weighted by atomic mass is 10.1. The number of carbonyl (C=O) groups is 2. The second-order valence-electron chi connectivity index (χ2n) is 8.27. The number of ether oxygens (including phenoxy) is 2. The molecule has 0 fully saturated rings. The zero-order chi connectivity index (χ0) is 25.9. The number of aryl methyl sites for hydroxylation is 4. The SMILES string of the molecule is Cc1cccc(C)c1OCC(=O)N/N=C\c1ccc(/C=N\NC(=O)COc2c(C)cccc2C)cc1. The Balaban J connectivity index is 1.40. The first-order valence-electron chi connectivity index (χ1n) is 11.5. The number of para-hydroxylation sites is 2. The molecule has 0 unspecified atom stereocenters. The van der Waals surface area contributed by atoms with E-state index in [1.165, 1.54) is 12.4 Å². The Morgan fingerprint density at radius 3 is 1.31 bits per heavy atom. The molecule has 3 aromatic carbocycles. The Hall–Kier alpha value is -4.46. The van der Waals surface area contributed by atoms with Crippen LogP contribution in [0.25, 0.3) is 0 Å². The van der Waals surface area contributed by atoms with Gasteiger partial charge in [-0.15, -0.1) is 0 Å². The van der Waals surface area contributed by atoms with E-state index in [0.717, 1.165) is 33.4 Å². The summed E-state index contributed by atoms with van der Waals surface area (Å²) >= 11 is 0. The number of nitrogens with one attached hydrogen (secondary N) is 2. The van der Waals surface area contributed by atoms with Crippen molar-refractivity contribution in [2.45, 2.75) is 27.7 Å². The highest BCUT2D eigenvalue weighted by Crippen LogP contribution is 2.22. The maximum atomic E-state index is 12.0. The summed E-state index contributed by atoms with van der Waals surface area (Å²) in [6.07, 6.45) is 3.06. The van der Waals surface area contributed by atoms with Crippen LogP contribution in [0.15, 0.2) is 70.9 Å². The topological polar surface area (TPSA) is 101 Å². The molecule has 0 saturated carbocycles. The number of hydrazone groups is 2. The lowest BCUT2D eigenvalue weighted by Gasteiger charge is -2.10. The van der Waals surface area contributed by atoms with Crippen LogP contribution in [-0.2, 0) is 9.59 Å². The molecule has 0 aliphatic carbocycles. The van der Waals surface area contributed by atoms with Gasteiger partial charge in [-0.2, -0.15) is 10.2 Å². The summed E-state index contributed by atoms with van der Waals surface area (Å²) in [5.74, 6) is 0.711. The summed E-state index contributed by atoms with van der Waals surface area (Å²) in [6, 6.07) is 18.9. The molecule has 2 amide bonds. The number of carbonyl (C=O) groups excluding carboxylic acids is 2. The summed E-state index contributed by atoms with van der Waals surface area (Å²) in [5.41, 5.74) is 10.4. The van der Waals surface area contributed by atoms with Gasteiger partial charge in [0.05, 0.1) is 12.4 Å². The molecule has 36 heavy (non-hydrogen) atoms. The van der Waals surface area contributed by atoms with E-state index in [9.17, 15) is 9.59 Å². The van der Waals surface area contributed by atoms with Gasteiger partial charge < -0.3 is 9.47 Å². The van der Waals surface area contributed by atoms with Crippen LogP contribution < -0.4 is 20.3 Å². The van der Waals surface area contributed by atoms with Crippen LogP contribution in [0, 0.1) is 27.7 Å². The quantitative estimate of drug-likeness (QED) is 0.334. The van der Waals surface area contributed by atoms with Crippen molar-refractivity contribution in [3.8, 4) is 11.5 Å². The summed E-state index contributed by atoms with van der Waals surface area (Å²) in [4.78, 5) is 24.0. The second kappa shape index (κ2) is 12.9. The molecule has 0 atom stereocenters. The molecule has 0 aromatic heterocycles. The molecule has 0 heterocycles. The first-order valence-corrected chi connectivity index (χ1v) is 11.5. The molecule has 0 aliphatic heterocycles. The average molecular weight is 487 g/mol. The lowest BCUT2D eigenvalue weighted by molar-refractivity contribution is -0.123. The zero-order valence-electron chi connectivity index (χ0n) is 20.9. The van der Waals surface area contributed by atoms with Gasteiger partial charge in [0, 0.05) is 0 Å². The zero-order valence-corrected chi connectivity index (χ0v) is 20.9. The van der Waals surface area contributed by atoms with Gasteiger partial charge in [-0.05, 0) is 61.1 Å². The van der Waals surface area contributed by atoms with Crippen molar-refractivity contribution in [3.05, 3.63) is 94.0 Å². The van der Waals surface area contributed by atoms with Gasteiger partial charge in [-0.1, -0.05) is 60.7 Å². The van der Waals surface area contributed by atoms with Gasteiger partial charge in [0.15, 0.2) is 13.2 Å². The predicted molar refractivity (Wildman–Crippen MR) is 141 cm³/mol. The Morgan fingerprint density at radius 1 is 0.639 bits per heavy atom. The molecule has 0 radical (unpaired) electrons. The molecule has 186 valence electrons. The van der Waals surface area contributed by atoms with Crippen LogP contribution in [0.5, 0.6) is 11.5 Å². The molecule has 3 rings (SSSR count). The van der Waals surface area contributed by atoms with E-state index in [2.05, 4.69) is 21.1 Å². The Bertz CT molecular complexity index is 1130. The summed E-state index contributed by atoms with van der Waals surface area (Å²) < 4.78 is 11.2. The minimum Gasteiger partial charge on any atom is -0.483 e. The van der Waals surface area contributed by atoms with Crippen LogP contribution in [0.2, 0.25) is 0 Å². The summed E-state index contributed by atoms with van der Waals surface area (Å²) in [7, 11) is 0. The van der Waals surface area contributed by atoms with Crippen molar-refractivity contribution >= 4 is 24.2 Å². The van der Waals surface area contributed by atoms with E-state index < -0.39 is 0 Å². The van der Waals surface area contributed by atoms with Crippen molar-refractivity contribution < 1.29 is 19.1 Å². The maximum absolute atomic E-state index is 12.0. The molecule has 0 spiro atoms. The fourth-order valence-corrected chi connectivity index (χ4v) is 3.42. The van der Waals surface area contributed by atoms with Crippen molar-refractivity contribution in [1.29, 1.82) is 0 Å². The first kappa shape index (κ1) is 26.2. The van der Waals surface area contributed by atoms with Gasteiger partial charge in [-0.25, -0.2) is 10.9 Å².